The molecule has 1 saturated heterocycles. The molecule has 1 aliphatic heterocycles. The number of morpholine rings is 1. The maximum absolute atomic E-state index is 15.0. The van der Waals surface area contributed by atoms with E-state index in [1.54, 1.807) is 18.2 Å². The lowest BCUT2D eigenvalue weighted by Crippen LogP contribution is -2.52. The first-order valence-corrected chi connectivity index (χ1v) is 13.2. The van der Waals surface area contributed by atoms with Gasteiger partial charge in [0.05, 0.1) is 21.5 Å². The van der Waals surface area contributed by atoms with Crippen molar-refractivity contribution in [1.82, 2.24) is 10.2 Å². The van der Waals surface area contributed by atoms with E-state index in [0.29, 0.717) is 40.5 Å². The summed E-state index contributed by atoms with van der Waals surface area (Å²) in [6.45, 7) is 5.56. The average Bonchev–Trinajstić information content (AvgIpc) is 3.59. The van der Waals surface area contributed by atoms with Crippen molar-refractivity contribution in [3.8, 4) is 0 Å². The Labute approximate surface area is 218 Å². The standard InChI is InChI=1S/C25H30ClFN4O4S/c1-15(2)13-31(16-3-4-16)20(12-28-25(34)21-7-8-22(26)36-21)24(33)29-19-6-5-17(11-18(19)27)30-9-10-35-14-23(30)32/h5-8,11,15-16,20H,3-4,9-10,12-14H2,1-2H3,(H,28,34)(H,29,33)/t20-/m0/s1. The van der Waals surface area contributed by atoms with Crippen LogP contribution in [-0.2, 0) is 14.3 Å². The lowest BCUT2D eigenvalue weighted by Gasteiger charge is -2.32. The predicted molar refractivity (Wildman–Crippen MR) is 138 cm³/mol. The summed E-state index contributed by atoms with van der Waals surface area (Å²) in [5.74, 6) is -1.29. The van der Waals surface area contributed by atoms with Crippen LogP contribution in [0, 0.1) is 11.7 Å². The Hall–Kier alpha value is -2.53. The van der Waals surface area contributed by atoms with E-state index in [4.69, 9.17) is 16.3 Å². The number of anilines is 2. The van der Waals surface area contributed by atoms with Gasteiger partial charge in [0, 0.05) is 31.4 Å². The normalized spacial score (nSPS) is 16.9. The minimum absolute atomic E-state index is 0.0196. The van der Waals surface area contributed by atoms with E-state index in [0.717, 1.165) is 12.8 Å². The van der Waals surface area contributed by atoms with Crippen molar-refractivity contribution in [2.45, 2.75) is 38.8 Å². The van der Waals surface area contributed by atoms with E-state index in [1.807, 2.05) is 0 Å². The number of hydrogen-bond donors (Lipinski definition) is 2. The number of carbonyl (C=O) groups excluding carboxylic acids is 3. The van der Waals surface area contributed by atoms with Gasteiger partial charge in [0.25, 0.3) is 11.8 Å². The summed E-state index contributed by atoms with van der Waals surface area (Å²) >= 11 is 7.12. The van der Waals surface area contributed by atoms with Crippen LogP contribution in [0.2, 0.25) is 4.34 Å². The molecular weight excluding hydrogens is 507 g/mol. The van der Waals surface area contributed by atoms with Crippen molar-refractivity contribution in [2.24, 2.45) is 5.92 Å². The van der Waals surface area contributed by atoms with Crippen molar-refractivity contribution in [3.63, 3.8) is 0 Å². The van der Waals surface area contributed by atoms with E-state index >= 15 is 0 Å². The molecule has 0 spiro atoms. The fourth-order valence-corrected chi connectivity index (χ4v) is 5.17. The zero-order chi connectivity index (χ0) is 25.8. The van der Waals surface area contributed by atoms with E-state index in [2.05, 4.69) is 29.4 Å². The monoisotopic (exact) mass is 536 g/mol. The summed E-state index contributed by atoms with van der Waals surface area (Å²) in [5.41, 5.74) is 0.433. The molecule has 1 atom stereocenters. The Morgan fingerprint density at radius 3 is 2.67 bits per heavy atom. The van der Waals surface area contributed by atoms with E-state index in [-0.39, 0.29) is 36.7 Å². The number of nitrogens with zero attached hydrogens (tertiary/aromatic N) is 2. The largest absolute Gasteiger partial charge is 0.370 e. The van der Waals surface area contributed by atoms with Crippen LogP contribution in [0.5, 0.6) is 0 Å². The molecule has 2 fully saturated rings. The van der Waals surface area contributed by atoms with Crippen LogP contribution in [0.25, 0.3) is 0 Å². The first kappa shape index (κ1) is 26.5. The van der Waals surface area contributed by atoms with Gasteiger partial charge in [-0.25, -0.2) is 4.39 Å². The number of halogens is 2. The summed E-state index contributed by atoms with van der Waals surface area (Å²) in [7, 11) is 0. The minimum atomic E-state index is -0.681. The highest BCUT2D eigenvalue weighted by Crippen LogP contribution is 2.30. The van der Waals surface area contributed by atoms with Gasteiger partial charge >= 0.3 is 0 Å². The van der Waals surface area contributed by atoms with Crippen LogP contribution in [0.1, 0.15) is 36.4 Å². The van der Waals surface area contributed by atoms with Gasteiger partial charge in [0.2, 0.25) is 5.91 Å². The third-order valence-electron chi connectivity index (χ3n) is 6.06. The Balaban J connectivity index is 1.50. The molecule has 194 valence electrons. The maximum Gasteiger partial charge on any atom is 0.261 e. The molecular formula is C25H30ClFN4O4S. The van der Waals surface area contributed by atoms with Crippen LogP contribution in [0.15, 0.2) is 30.3 Å². The Kier molecular flexibility index (Phi) is 8.61. The van der Waals surface area contributed by atoms with Crippen molar-refractivity contribution < 1.29 is 23.5 Å². The Morgan fingerprint density at radius 2 is 2.06 bits per heavy atom. The highest BCUT2D eigenvalue weighted by Gasteiger charge is 2.38. The molecule has 8 nitrogen and oxygen atoms in total. The van der Waals surface area contributed by atoms with E-state index in [1.165, 1.54) is 28.4 Å². The van der Waals surface area contributed by atoms with Gasteiger partial charge in [-0.05, 0) is 49.1 Å². The highest BCUT2D eigenvalue weighted by molar-refractivity contribution is 7.18. The van der Waals surface area contributed by atoms with Crippen molar-refractivity contribution in [1.29, 1.82) is 0 Å². The Bertz CT molecular complexity index is 1120. The van der Waals surface area contributed by atoms with Gasteiger partial charge in [0.1, 0.15) is 18.5 Å². The first-order valence-electron chi connectivity index (χ1n) is 12.0. The molecule has 1 saturated carbocycles. The molecule has 11 heteroatoms. The van der Waals surface area contributed by atoms with Crippen LogP contribution in [0.3, 0.4) is 0 Å². The van der Waals surface area contributed by atoms with Crippen molar-refractivity contribution >= 4 is 52.0 Å². The molecule has 3 amide bonds. The number of rotatable bonds is 10. The van der Waals surface area contributed by atoms with Gasteiger partial charge in [0.15, 0.2) is 0 Å². The zero-order valence-corrected chi connectivity index (χ0v) is 21.8. The molecule has 2 heterocycles. The highest BCUT2D eigenvalue weighted by atomic mass is 35.5. The first-order chi connectivity index (χ1) is 17.2. The van der Waals surface area contributed by atoms with Crippen LogP contribution < -0.4 is 15.5 Å². The Morgan fingerprint density at radius 1 is 1.28 bits per heavy atom. The number of hydrogen-bond acceptors (Lipinski definition) is 6. The molecule has 1 aliphatic carbocycles. The molecule has 2 aliphatic rings. The van der Waals surface area contributed by atoms with Crippen molar-refractivity contribution in [3.05, 3.63) is 45.4 Å². The van der Waals surface area contributed by atoms with E-state index < -0.39 is 17.8 Å². The number of carbonyl (C=O) groups is 3. The maximum atomic E-state index is 15.0. The molecule has 1 aromatic heterocycles. The fraction of sp³-hybridized carbons (Fsp3) is 0.480. The van der Waals surface area contributed by atoms with Crippen molar-refractivity contribution in [2.75, 3.05) is 43.1 Å². The number of benzene rings is 1. The average molecular weight is 537 g/mol. The van der Waals surface area contributed by atoms with Gasteiger partial charge in [-0.15, -0.1) is 11.3 Å². The van der Waals surface area contributed by atoms with E-state index in [9.17, 15) is 18.8 Å². The second-order valence-corrected chi connectivity index (χ2v) is 11.1. The number of ether oxygens (including phenoxy) is 1. The van der Waals surface area contributed by atoms with Gasteiger partial charge in [-0.1, -0.05) is 25.4 Å². The molecule has 1 aromatic carbocycles. The molecule has 0 radical (unpaired) electrons. The number of amides is 3. The minimum Gasteiger partial charge on any atom is -0.370 e. The lowest BCUT2D eigenvalue weighted by molar-refractivity contribution is -0.125. The second kappa shape index (κ2) is 11.7. The van der Waals surface area contributed by atoms with Crippen LogP contribution in [0.4, 0.5) is 15.8 Å². The van der Waals surface area contributed by atoms with Gasteiger partial charge < -0.3 is 20.3 Å². The summed E-state index contributed by atoms with van der Waals surface area (Å²) < 4.78 is 20.6. The third-order valence-corrected chi connectivity index (χ3v) is 7.29. The molecule has 0 unspecified atom stereocenters. The summed E-state index contributed by atoms with van der Waals surface area (Å²) in [4.78, 5) is 42.2. The fourth-order valence-electron chi connectivity index (χ4n) is 4.21. The SMILES string of the molecule is CC(C)CN(C1CC1)[C@@H](CNC(=O)c1ccc(Cl)s1)C(=O)Nc1ccc(N2CCOCC2=O)cc1F. The molecule has 4 rings (SSSR count). The topological polar surface area (TPSA) is 91.0 Å². The third kappa shape index (κ3) is 6.61. The van der Waals surface area contributed by atoms with Crippen LogP contribution in [-0.4, -0.2) is 67.6 Å². The molecule has 2 aromatic rings. The summed E-state index contributed by atoms with van der Waals surface area (Å²) in [6.07, 6.45) is 1.95. The zero-order valence-electron chi connectivity index (χ0n) is 20.3. The van der Waals surface area contributed by atoms with Gasteiger partial charge in [-0.3, -0.25) is 19.3 Å². The lowest BCUT2D eigenvalue weighted by atomic mass is 10.1. The quantitative estimate of drug-likeness (QED) is 0.482. The summed E-state index contributed by atoms with van der Waals surface area (Å²) in [6, 6.07) is 7.15. The molecule has 2 N–H and O–H groups in total. The molecule has 36 heavy (non-hydrogen) atoms. The van der Waals surface area contributed by atoms with Gasteiger partial charge in [-0.2, -0.15) is 0 Å². The second-order valence-electron chi connectivity index (χ2n) is 9.40. The smallest absolute Gasteiger partial charge is 0.261 e. The van der Waals surface area contributed by atoms with Crippen LogP contribution >= 0.6 is 22.9 Å². The predicted octanol–water partition coefficient (Wildman–Crippen LogP) is 3.76. The number of thiophene rings is 1. The number of nitrogens with one attached hydrogen (secondary N) is 2. The molecule has 0 bridgehead atoms. The summed E-state index contributed by atoms with van der Waals surface area (Å²) in [5, 5.41) is 5.55.